The standard InChI is InChI=1S/C25H25N3OS/c1-18-10-13-23(14-11-18)29-16-24-26-27-25(28(24)22-7-5-4-6-8-22)30-17-21-15-19(2)9-12-20(21)3/h4-15H,16-17H2,1-3H3. The van der Waals surface area contributed by atoms with Crippen molar-refractivity contribution >= 4 is 11.8 Å². The highest BCUT2D eigenvalue weighted by Gasteiger charge is 2.15. The molecule has 0 radical (unpaired) electrons. The molecule has 0 fully saturated rings. The fourth-order valence-corrected chi connectivity index (χ4v) is 4.24. The van der Waals surface area contributed by atoms with E-state index in [0.29, 0.717) is 6.61 Å². The zero-order valence-corrected chi connectivity index (χ0v) is 18.3. The number of benzene rings is 3. The van der Waals surface area contributed by atoms with E-state index in [1.165, 1.54) is 22.3 Å². The second-order valence-electron chi connectivity index (χ2n) is 7.39. The third-order valence-corrected chi connectivity index (χ3v) is 5.94. The molecule has 0 spiro atoms. The first-order chi connectivity index (χ1) is 14.6. The highest BCUT2D eigenvalue weighted by Crippen LogP contribution is 2.27. The lowest BCUT2D eigenvalue weighted by molar-refractivity contribution is 0.293. The van der Waals surface area contributed by atoms with Gasteiger partial charge in [0, 0.05) is 11.4 Å². The van der Waals surface area contributed by atoms with Gasteiger partial charge in [0.05, 0.1) is 0 Å². The number of aryl methyl sites for hydroxylation is 3. The molecule has 0 saturated heterocycles. The molecule has 0 amide bonds. The molecule has 0 unspecified atom stereocenters. The van der Waals surface area contributed by atoms with Gasteiger partial charge in [0.2, 0.25) is 0 Å². The molecule has 0 aliphatic carbocycles. The number of para-hydroxylation sites is 1. The van der Waals surface area contributed by atoms with Gasteiger partial charge in [-0.2, -0.15) is 0 Å². The van der Waals surface area contributed by atoms with E-state index < -0.39 is 0 Å². The largest absolute Gasteiger partial charge is 0.486 e. The van der Waals surface area contributed by atoms with Gasteiger partial charge in [0.15, 0.2) is 11.0 Å². The summed E-state index contributed by atoms with van der Waals surface area (Å²) in [6, 6.07) is 24.8. The Hall–Kier alpha value is -3.05. The van der Waals surface area contributed by atoms with Crippen molar-refractivity contribution < 1.29 is 4.74 Å². The van der Waals surface area contributed by atoms with Crippen molar-refractivity contribution in [2.45, 2.75) is 38.3 Å². The third kappa shape index (κ3) is 4.74. The maximum absolute atomic E-state index is 5.99. The lowest BCUT2D eigenvalue weighted by Gasteiger charge is -2.12. The van der Waals surface area contributed by atoms with Gasteiger partial charge < -0.3 is 4.74 Å². The summed E-state index contributed by atoms with van der Waals surface area (Å²) in [5.74, 6) is 2.45. The fraction of sp³-hybridized carbons (Fsp3) is 0.200. The van der Waals surface area contributed by atoms with Gasteiger partial charge in [-0.05, 0) is 56.2 Å². The molecule has 4 aromatic rings. The third-order valence-electron chi connectivity index (χ3n) is 4.97. The Morgan fingerprint density at radius 1 is 0.833 bits per heavy atom. The van der Waals surface area contributed by atoms with Crippen LogP contribution in [0.15, 0.2) is 78.0 Å². The molecule has 5 heteroatoms. The molecule has 1 heterocycles. The lowest BCUT2D eigenvalue weighted by atomic mass is 10.1. The Balaban J connectivity index is 1.58. The van der Waals surface area contributed by atoms with Crippen LogP contribution >= 0.6 is 11.8 Å². The lowest BCUT2D eigenvalue weighted by Crippen LogP contribution is -2.06. The average molecular weight is 416 g/mol. The van der Waals surface area contributed by atoms with Crippen LogP contribution in [0.1, 0.15) is 28.1 Å². The van der Waals surface area contributed by atoms with Crippen LogP contribution in [0.2, 0.25) is 0 Å². The van der Waals surface area contributed by atoms with E-state index in [1.54, 1.807) is 11.8 Å². The molecule has 0 aliphatic heterocycles. The van der Waals surface area contributed by atoms with Crippen molar-refractivity contribution in [1.82, 2.24) is 14.8 Å². The first-order valence-electron chi connectivity index (χ1n) is 9.98. The number of hydrogen-bond acceptors (Lipinski definition) is 4. The van der Waals surface area contributed by atoms with Gasteiger partial charge >= 0.3 is 0 Å². The summed E-state index contributed by atoms with van der Waals surface area (Å²) >= 11 is 1.70. The SMILES string of the molecule is Cc1ccc(OCc2nnc(SCc3cc(C)ccc3C)n2-c2ccccc2)cc1. The van der Waals surface area contributed by atoms with E-state index in [4.69, 9.17) is 4.74 Å². The average Bonchev–Trinajstić information content (AvgIpc) is 3.17. The van der Waals surface area contributed by atoms with Crippen LogP contribution in [0.3, 0.4) is 0 Å². The number of thioether (sulfide) groups is 1. The Kier molecular flexibility index (Phi) is 6.19. The van der Waals surface area contributed by atoms with Crippen LogP contribution in [0.5, 0.6) is 5.75 Å². The van der Waals surface area contributed by atoms with Gasteiger partial charge in [-0.15, -0.1) is 10.2 Å². The van der Waals surface area contributed by atoms with Crippen LogP contribution < -0.4 is 4.74 Å². The summed E-state index contributed by atoms with van der Waals surface area (Å²) in [7, 11) is 0. The molecular weight excluding hydrogens is 390 g/mol. The van der Waals surface area contributed by atoms with Crippen molar-refractivity contribution in [3.63, 3.8) is 0 Å². The smallest absolute Gasteiger partial charge is 0.196 e. The quantitative estimate of drug-likeness (QED) is 0.344. The second kappa shape index (κ2) is 9.18. The topological polar surface area (TPSA) is 39.9 Å². The minimum Gasteiger partial charge on any atom is -0.486 e. The molecule has 1 aromatic heterocycles. The predicted molar refractivity (Wildman–Crippen MR) is 122 cm³/mol. The summed E-state index contributed by atoms with van der Waals surface area (Å²) < 4.78 is 8.07. The first-order valence-corrected chi connectivity index (χ1v) is 11.0. The monoisotopic (exact) mass is 415 g/mol. The van der Waals surface area contributed by atoms with E-state index >= 15 is 0 Å². The molecular formula is C25H25N3OS. The summed E-state index contributed by atoms with van der Waals surface area (Å²) in [6.07, 6.45) is 0. The van der Waals surface area contributed by atoms with E-state index in [0.717, 1.165) is 28.2 Å². The maximum Gasteiger partial charge on any atom is 0.196 e. The molecule has 4 rings (SSSR count). The van der Waals surface area contributed by atoms with Gasteiger partial charge in [-0.25, -0.2) is 0 Å². The number of nitrogens with zero attached hydrogens (tertiary/aromatic N) is 3. The van der Waals surface area contributed by atoms with Gasteiger partial charge in [0.25, 0.3) is 0 Å². The van der Waals surface area contributed by atoms with E-state index in [-0.39, 0.29) is 0 Å². The molecule has 0 bridgehead atoms. The Morgan fingerprint density at radius 3 is 2.33 bits per heavy atom. The summed E-state index contributed by atoms with van der Waals surface area (Å²) in [4.78, 5) is 0. The van der Waals surface area contributed by atoms with Crippen LogP contribution in [-0.2, 0) is 12.4 Å². The molecule has 0 atom stereocenters. The highest BCUT2D eigenvalue weighted by atomic mass is 32.2. The number of rotatable bonds is 7. The van der Waals surface area contributed by atoms with Gasteiger partial charge in [-0.3, -0.25) is 4.57 Å². The predicted octanol–water partition coefficient (Wildman–Crippen LogP) is 6.06. The van der Waals surface area contributed by atoms with E-state index in [1.807, 2.05) is 42.5 Å². The second-order valence-corrected chi connectivity index (χ2v) is 8.33. The molecule has 4 nitrogen and oxygen atoms in total. The molecule has 0 aliphatic rings. The Bertz CT molecular complexity index is 1120. The minimum absolute atomic E-state index is 0.356. The highest BCUT2D eigenvalue weighted by molar-refractivity contribution is 7.98. The van der Waals surface area contributed by atoms with Crippen LogP contribution in [-0.4, -0.2) is 14.8 Å². The molecule has 0 saturated carbocycles. The van der Waals surface area contributed by atoms with Crippen LogP contribution in [0.25, 0.3) is 5.69 Å². The van der Waals surface area contributed by atoms with Crippen molar-refractivity contribution in [3.05, 3.63) is 101 Å². The maximum atomic E-state index is 5.99. The molecule has 30 heavy (non-hydrogen) atoms. The summed E-state index contributed by atoms with van der Waals surface area (Å²) in [5.41, 5.74) is 6.13. The fourth-order valence-electron chi connectivity index (χ4n) is 3.20. The molecule has 0 N–H and O–H groups in total. The van der Waals surface area contributed by atoms with Crippen LogP contribution in [0.4, 0.5) is 0 Å². The zero-order chi connectivity index (χ0) is 20.9. The van der Waals surface area contributed by atoms with Crippen molar-refractivity contribution in [3.8, 4) is 11.4 Å². The number of aromatic nitrogens is 3. The van der Waals surface area contributed by atoms with Crippen molar-refractivity contribution in [2.24, 2.45) is 0 Å². The molecule has 152 valence electrons. The summed E-state index contributed by atoms with van der Waals surface area (Å²) in [6.45, 7) is 6.70. The van der Waals surface area contributed by atoms with Crippen LogP contribution in [0, 0.1) is 20.8 Å². The normalized spacial score (nSPS) is 10.9. The van der Waals surface area contributed by atoms with Gasteiger partial charge in [-0.1, -0.05) is 71.4 Å². The zero-order valence-electron chi connectivity index (χ0n) is 17.5. The minimum atomic E-state index is 0.356. The number of hydrogen-bond donors (Lipinski definition) is 0. The van der Waals surface area contributed by atoms with Crippen molar-refractivity contribution in [1.29, 1.82) is 0 Å². The molecule has 3 aromatic carbocycles. The first kappa shape index (κ1) is 20.2. The Morgan fingerprint density at radius 2 is 1.57 bits per heavy atom. The van der Waals surface area contributed by atoms with E-state index in [9.17, 15) is 0 Å². The number of ether oxygens (including phenoxy) is 1. The van der Waals surface area contributed by atoms with Crippen molar-refractivity contribution in [2.75, 3.05) is 0 Å². The Labute approximate surface area is 181 Å². The summed E-state index contributed by atoms with van der Waals surface area (Å²) in [5, 5.41) is 9.79. The van der Waals surface area contributed by atoms with E-state index in [2.05, 4.69) is 65.9 Å². The van der Waals surface area contributed by atoms with Gasteiger partial charge in [0.1, 0.15) is 12.4 Å².